The lowest BCUT2D eigenvalue weighted by molar-refractivity contribution is 0.0972. The van der Waals surface area contributed by atoms with Gasteiger partial charge in [0.25, 0.3) is 0 Å². The molecule has 13 heavy (non-hydrogen) atoms. The van der Waals surface area contributed by atoms with E-state index in [0.29, 0.717) is 13.0 Å². The fraction of sp³-hybridized carbons (Fsp3) is 1.00. The van der Waals surface area contributed by atoms with E-state index in [1.165, 1.54) is 6.42 Å². The molecule has 2 nitrogen and oxygen atoms in total. The normalized spacial score (nSPS) is 28.4. The molecule has 1 aliphatic rings. The molecule has 80 valence electrons. The molecule has 0 amide bonds. The largest absolute Gasteiger partial charge is 0.383 e. The number of hydrogen-bond donors (Lipinski definition) is 0. The van der Waals surface area contributed by atoms with Gasteiger partial charge in [0.05, 0.1) is 12.6 Å². The van der Waals surface area contributed by atoms with Crippen LogP contribution < -0.4 is 0 Å². The summed E-state index contributed by atoms with van der Waals surface area (Å²) < 4.78 is 17.8. The number of ether oxygens (including phenoxy) is 1. The van der Waals surface area contributed by atoms with Gasteiger partial charge in [-0.15, -0.1) is 0 Å². The van der Waals surface area contributed by atoms with E-state index in [0.717, 1.165) is 6.54 Å². The minimum atomic E-state index is -0.690. The van der Waals surface area contributed by atoms with Gasteiger partial charge in [0.1, 0.15) is 6.17 Å². The third-order valence-corrected chi connectivity index (χ3v) is 2.08. The molecule has 3 heteroatoms. The Balaban J connectivity index is 0.000000424. The van der Waals surface area contributed by atoms with Crippen molar-refractivity contribution in [3.8, 4) is 0 Å². The van der Waals surface area contributed by atoms with Gasteiger partial charge in [-0.25, -0.2) is 4.39 Å². The van der Waals surface area contributed by atoms with Crippen LogP contribution in [0.2, 0.25) is 0 Å². The highest BCUT2D eigenvalue weighted by molar-refractivity contribution is 4.84. The third-order valence-electron chi connectivity index (χ3n) is 2.08. The molecule has 0 bridgehead atoms. The van der Waals surface area contributed by atoms with Gasteiger partial charge in [0.2, 0.25) is 0 Å². The van der Waals surface area contributed by atoms with Crippen molar-refractivity contribution in [1.29, 1.82) is 0 Å². The van der Waals surface area contributed by atoms with E-state index < -0.39 is 6.17 Å². The number of likely N-dealkylation sites (N-methyl/N-ethyl adjacent to an activating group) is 1. The summed E-state index contributed by atoms with van der Waals surface area (Å²) in [4.78, 5) is 2.01. The van der Waals surface area contributed by atoms with Crippen molar-refractivity contribution in [2.24, 2.45) is 0 Å². The highest BCUT2D eigenvalue weighted by atomic mass is 19.1. The SMILES string of the molecule is CCC.COC[C@@H]1[C@@H](F)CCN1C. The highest BCUT2D eigenvalue weighted by Crippen LogP contribution is 2.18. The molecule has 2 atom stereocenters. The monoisotopic (exact) mass is 191 g/mol. The highest BCUT2D eigenvalue weighted by Gasteiger charge is 2.31. The van der Waals surface area contributed by atoms with Crippen LogP contribution in [0.15, 0.2) is 0 Å². The van der Waals surface area contributed by atoms with E-state index in [-0.39, 0.29) is 6.04 Å². The number of nitrogens with zero attached hydrogens (tertiary/aromatic N) is 1. The molecule has 0 spiro atoms. The summed E-state index contributed by atoms with van der Waals surface area (Å²) in [6, 6.07) is -0.00926. The van der Waals surface area contributed by atoms with Gasteiger partial charge in [-0.3, -0.25) is 4.90 Å². The average Bonchev–Trinajstić information content (AvgIpc) is 2.38. The zero-order valence-corrected chi connectivity index (χ0v) is 9.22. The molecule has 0 aliphatic carbocycles. The van der Waals surface area contributed by atoms with E-state index >= 15 is 0 Å². The molecule has 0 radical (unpaired) electrons. The molecule has 0 aromatic rings. The summed E-state index contributed by atoms with van der Waals surface area (Å²) in [7, 11) is 3.54. The summed E-state index contributed by atoms with van der Waals surface area (Å²) in [5.74, 6) is 0. The molecule has 0 saturated carbocycles. The predicted octanol–water partition coefficient (Wildman–Crippen LogP) is 2.09. The molecule has 1 rings (SSSR count). The number of rotatable bonds is 2. The molecule has 0 N–H and O–H groups in total. The van der Waals surface area contributed by atoms with Gasteiger partial charge in [0.15, 0.2) is 0 Å². The molecule has 1 heterocycles. The Labute approximate surface area is 81.1 Å². The van der Waals surface area contributed by atoms with E-state index in [4.69, 9.17) is 4.74 Å². The topological polar surface area (TPSA) is 12.5 Å². The van der Waals surface area contributed by atoms with Crippen LogP contribution >= 0.6 is 0 Å². The number of methoxy groups -OCH3 is 1. The maximum absolute atomic E-state index is 12.9. The maximum Gasteiger partial charge on any atom is 0.119 e. The lowest BCUT2D eigenvalue weighted by atomic mass is 10.2. The number of alkyl halides is 1. The van der Waals surface area contributed by atoms with Crippen molar-refractivity contribution in [2.45, 2.75) is 38.9 Å². The molecular formula is C10H22FNO. The van der Waals surface area contributed by atoms with Crippen molar-refractivity contribution in [1.82, 2.24) is 4.90 Å². The molecule has 1 saturated heterocycles. The summed E-state index contributed by atoms with van der Waals surface area (Å²) in [6.07, 6.45) is 1.22. The summed E-state index contributed by atoms with van der Waals surface area (Å²) in [5, 5.41) is 0. The first-order chi connectivity index (χ1) is 6.17. The smallest absolute Gasteiger partial charge is 0.119 e. The first-order valence-corrected chi connectivity index (χ1v) is 5.00. The van der Waals surface area contributed by atoms with Crippen LogP contribution in [0.3, 0.4) is 0 Å². The van der Waals surface area contributed by atoms with Crippen molar-refractivity contribution in [3.63, 3.8) is 0 Å². The zero-order chi connectivity index (χ0) is 10.3. The lowest BCUT2D eigenvalue weighted by Gasteiger charge is -2.19. The number of likely N-dealkylation sites (tertiary alicyclic amines) is 1. The fourth-order valence-corrected chi connectivity index (χ4v) is 1.36. The van der Waals surface area contributed by atoms with E-state index in [2.05, 4.69) is 13.8 Å². The van der Waals surface area contributed by atoms with Crippen LogP contribution in [0.25, 0.3) is 0 Å². The Morgan fingerprint density at radius 3 is 2.31 bits per heavy atom. The maximum atomic E-state index is 12.9. The minimum absolute atomic E-state index is 0.00926. The first kappa shape index (κ1) is 12.8. The van der Waals surface area contributed by atoms with Crippen LogP contribution in [0.5, 0.6) is 0 Å². The van der Waals surface area contributed by atoms with E-state index in [1.807, 2.05) is 11.9 Å². The second-order valence-corrected chi connectivity index (χ2v) is 3.52. The third kappa shape index (κ3) is 4.58. The van der Waals surface area contributed by atoms with Crippen LogP contribution in [0.1, 0.15) is 26.7 Å². The van der Waals surface area contributed by atoms with Crippen LogP contribution in [0, 0.1) is 0 Å². The lowest BCUT2D eigenvalue weighted by Crippen LogP contribution is -2.34. The molecule has 0 unspecified atom stereocenters. The molecule has 1 aliphatic heterocycles. The quantitative estimate of drug-likeness (QED) is 0.662. The average molecular weight is 191 g/mol. The Morgan fingerprint density at radius 2 is 2.00 bits per heavy atom. The van der Waals surface area contributed by atoms with Crippen LogP contribution in [-0.2, 0) is 4.74 Å². The molecule has 0 aromatic carbocycles. The Hall–Kier alpha value is -0.150. The second kappa shape index (κ2) is 7.27. The van der Waals surface area contributed by atoms with Gasteiger partial charge < -0.3 is 4.74 Å². The van der Waals surface area contributed by atoms with Crippen molar-refractivity contribution in [2.75, 3.05) is 27.3 Å². The molecular weight excluding hydrogens is 169 g/mol. The van der Waals surface area contributed by atoms with Gasteiger partial charge in [-0.1, -0.05) is 20.3 Å². The number of halogens is 1. The predicted molar refractivity (Wildman–Crippen MR) is 53.8 cm³/mol. The first-order valence-electron chi connectivity index (χ1n) is 5.00. The number of hydrogen-bond acceptors (Lipinski definition) is 2. The van der Waals surface area contributed by atoms with E-state index in [9.17, 15) is 4.39 Å². The minimum Gasteiger partial charge on any atom is -0.383 e. The van der Waals surface area contributed by atoms with E-state index in [1.54, 1.807) is 7.11 Å². The Bertz CT molecular complexity index is 111. The molecule has 1 fully saturated rings. The van der Waals surface area contributed by atoms with Crippen LogP contribution in [0.4, 0.5) is 4.39 Å². The summed E-state index contributed by atoms with van der Waals surface area (Å²) in [6.45, 7) is 5.62. The fourth-order valence-electron chi connectivity index (χ4n) is 1.36. The van der Waals surface area contributed by atoms with Gasteiger partial charge in [0, 0.05) is 13.7 Å². The second-order valence-electron chi connectivity index (χ2n) is 3.52. The molecule has 0 aromatic heterocycles. The van der Waals surface area contributed by atoms with Crippen molar-refractivity contribution in [3.05, 3.63) is 0 Å². The Morgan fingerprint density at radius 1 is 1.46 bits per heavy atom. The van der Waals surface area contributed by atoms with Gasteiger partial charge in [-0.2, -0.15) is 0 Å². The summed E-state index contributed by atoms with van der Waals surface area (Å²) >= 11 is 0. The van der Waals surface area contributed by atoms with Gasteiger partial charge in [-0.05, 0) is 13.5 Å². The standard InChI is InChI=1S/C7H14FNO.C3H8/c1-9-4-3-6(8)7(9)5-10-2;1-3-2/h6-7H,3-5H2,1-2H3;3H2,1-2H3/t6-,7+;/m0./s1. The van der Waals surface area contributed by atoms with Crippen molar-refractivity contribution >= 4 is 0 Å². The Kier molecular flexibility index (Phi) is 7.19. The van der Waals surface area contributed by atoms with Crippen molar-refractivity contribution < 1.29 is 9.13 Å². The zero-order valence-electron chi connectivity index (χ0n) is 9.22. The van der Waals surface area contributed by atoms with Gasteiger partial charge >= 0.3 is 0 Å². The summed E-state index contributed by atoms with van der Waals surface area (Å²) in [5.41, 5.74) is 0. The van der Waals surface area contributed by atoms with Crippen LogP contribution in [-0.4, -0.2) is 44.4 Å².